The van der Waals surface area contributed by atoms with Crippen molar-refractivity contribution in [2.45, 2.75) is 37.9 Å². The highest BCUT2D eigenvalue weighted by molar-refractivity contribution is 6.33. The topological polar surface area (TPSA) is 88.8 Å². The minimum Gasteiger partial charge on any atom is -0.393 e. The molecule has 0 atom stereocenters. The van der Waals surface area contributed by atoms with Crippen molar-refractivity contribution in [3.05, 3.63) is 29.2 Å². The van der Waals surface area contributed by atoms with Crippen LogP contribution in [-0.4, -0.2) is 21.0 Å². The summed E-state index contributed by atoms with van der Waals surface area (Å²) in [6.07, 6.45) is 1.88. The molecule has 1 fully saturated rings. The largest absolute Gasteiger partial charge is 0.417 e. The molecular formula is C15H16ClF3N6. The molecule has 0 aromatic carbocycles. The van der Waals surface area contributed by atoms with Gasteiger partial charge in [-0.3, -0.25) is 0 Å². The Hall–Kier alpha value is -2.29. The summed E-state index contributed by atoms with van der Waals surface area (Å²) in [6.45, 7) is 0. The monoisotopic (exact) mass is 372 g/mol. The number of nitrogens with two attached hydrogens (primary N) is 1. The van der Waals surface area contributed by atoms with Gasteiger partial charge in [-0.1, -0.05) is 24.4 Å². The van der Waals surface area contributed by atoms with Crippen molar-refractivity contribution in [3.8, 4) is 0 Å². The van der Waals surface area contributed by atoms with Crippen LogP contribution in [-0.2, 0) is 6.18 Å². The molecule has 2 aromatic heterocycles. The molecule has 3 rings (SSSR count). The minimum atomic E-state index is -4.51. The number of nitrogen functional groups attached to an aromatic ring is 1. The smallest absolute Gasteiger partial charge is 0.393 e. The first-order chi connectivity index (χ1) is 11.8. The van der Waals surface area contributed by atoms with E-state index >= 15 is 0 Å². The highest BCUT2D eigenvalue weighted by Gasteiger charge is 2.31. The van der Waals surface area contributed by atoms with Crippen LogP contribution in [0.25, 0.3) is 0 Å². The summed E-state index contributed by atoms with van der Waals surface area (Å²) in [4.78, 5) is 11.9. The average Bonchev–Trinajstić information content (AvgIpc) is 3.05. The SMILES string of the molecule is Nc1c(Nc2ncc(C(F)(F)F)cc2Cl)ncnc1NC1CCCC1. The zero-order valence-corrected chi connectivity index (χ0v) is 13.8. The van der Waals surface area contributed by atoms with Crippen molar-refractivity contribution in [1.82, 2.24) is 15.0 Å². The maximum Gasteiger partial charge on any atom is 0.417 e. The Balaban J connectivity index is 1.81. The van der Waals surface area contributed by atoms with Gasteiger partial charge >= 0.3 is 6.18 Å². The van der Waals surface area contributed by atoms with Crippen LogP contribution in [0.15, 0.2) is 18.6 Å². The van der Waals surface area contributed by atoms with Crippen LogP contribution in [0.4, 0.5) is 36.3 Å². The number of rotatable bonds is 4. The number of hydrogen-bond acceptors (Lipinski definition) is 6. The van der Waals surface area contributed by atoms with Crippen molar-refractivity contribution < 1.29 is 13.2 Å². The summed E-state index contributed by atoms with van der Waals surface area (Å²) >= 11 is 5.89. The molecule has 134 valence electrons. The zero-order valence-electron chi connectivity index (χ0n) is 13.1. The van der Waals surface area contributed by atoms with Gasteiger partial charge in [0.05, 0.1) is 10.6 Å². The maximum absolute atomic E-state index is 12.7. The van der Waals surface area contributed by atoms with E-state index in [2.05, 4.69) is 25.6 Å². The van der Waals surface area contributed by atoms with Crippen LogP contribution in [0.5, 0.6) is 0 Å². The standard InChI is InChI=1S/C15H16ClF3N6/c16-10-5-8(15(17,18)19)6-21-12(10)25-14-11(20)13(22-7-23-14)24-9-3-1-2-4-9/h5-7,9H,1-4,20H2,(H2,21,22,23,24,25). The van der Waals surface area contributed by atoms with Crippen LogP contribution < -0.4 is 16.4 Å². The predicted octanol–water partition coefficient (Wildman–Crippen LogP) is 4.22. The van der Waals surface area contributed by atoms with Crippen LogP contribution in [0.1, 0.15) is 31.2 Å². The summed E-state index contributed by atoms with van der Waals surface area (Å²) in [6, 6.07) is 1.10. The van der Waals surface area contributed by atoms with Crippen molar-refractivity contribution in [3.63, 3.8) is 0 Å². The Morgan fingerprint density at radius 1 is 1.08 bits per heavy atom. The first kappa shape index (κ1) is 17.5. The fraction of sp³-hybridized carbons (Fsp3) is 0.400. The van der Waals surface area contributed by atoms with Gasteiger partial charge in [0.25, 0.3) is 0 Å². The van der Waals surface area contributed by atoms with E-state index in [4.69, 9.17) is 17.3 Å². The Kier molecular flexibility index (Phi) is 4.85. The fourth-order valence-electron chi connectivity index (χ4n) is 2.67. The number of nitrogens with one attached hydrogen (secondary N) is 2. The second kappa shape index (κ2) is 6.91. The number of pyridine rings is 1. The lowest BCUT2D eigenvalue weighted by atomic mass is 10.2. The van der Waals surface area contributed by atoms with Gasteiger partial charge in [-0.15, -0.1) is 0 Å². The third-order valence-corrected chi connectivity index (χ3v) is 4.27. The van der Waals surface area contributed by atoms with Gasteiger partial charge < -0.3 is 16.4 Å². The summed E-state index contributed by atoms with van der Waals surface area (Å²) < 4.78 is 38.0. The third-order valence-electron chi connectivity index (χ3n) is 3.99. The number of aromatic nitrogens is 3. The van der Waals surface area contributed by atoms with E-state index in [1.807, 2.05) is 0 Å². The van der Waals surface area contributed by atoms with Crippen LogP contribution in [0, 0.1) is 0 Å². The summed E-state index contributed by atoms with van der Waals surface area (Å²) in [5, 5.41) is 5.84. The minimum absolute atomic E-state index is 0.0342. The molecule has 10 heteroatoms. The second-order valence-electron chi connectivity index (χ2n) is 5.79. The maximum atomic E-state index is 12.7. The fourth-order valence-corrected chi connectivity index (χ4v) is 2.88. The molecule has 6 nitrogen and oxygen atoms in total. The Morgan fingerprint density at radius 3 is 2.40 bits per heavy atom. The van der Waals surface area contributed by atoms with Crippen molar-refractivity contribution in [2.75, 3.05) is 16.4 Å². The van der Waals surface area contributed by atoms with Crippen LogP contribution in [0.2, 0.25) is 5.02 Å². The van der Waals surface area contributed by atoms with Gasteiger partial charge in [-0.05, 0) is 18.9 Å². The zero-order chi connectivity index (χ0) is 18.0. The molecule has 0 aliphatic heterocycles. The number of alkyl halides is 3. The van der Waals surface area contributed by atoms with Gasteiger partial charge in [0, 0.05) is 12.2 Å². The second-order valence-corrected chi connectivity index (χ2v) is 6.19. The molecule has 0 amide bonds. The van der Waals surface area contributed by atoms with E-state index in [1.165, 1.54) is 6.33 Å². The lowest BCUT2D eigenvalue weighted by Gasteiger charge is -2.16. The number of anilines is 4. The molecular weight excluding hydrogens is 357 g/mol. The Labute approximate surface area is 147 Å². The van der Waals surface area contributed by atoms with E-state index in [-0.39, 0.29) is 22.3 Å². The van der Waals surface area contributed by atoms with E-state index < -0.39 is 11.7 Å². The van der Waals surface area contributed by atoms with Crippen LogP contribution in [0.3, 0.4) is 0 Å². The molecule has 25 heavy (non-hydrogen) atoms. The molecule has 0 spiro atoms. The van der Waals surface area contributed by atoms with Crippen molar-refractivity contribution >= 4 is 34.7 Å². The first-order valence-corrected chi connectivity index (χ1v) is 8.09. The average molecular weight is 373 g/mol. The molecule has 0 unspecified atom stereocenters. The van der Waals surface area contributed by atoms with Gasteiger partial charge in [0.15, 0.2) is 11.6 Å². The Bertz CT molecular complexity index is 761. The summed E-state index contributed by atoms with van der Waals surface area (Å²) in [7, 11) is 0. The molecule has 4 N–H and O–H groups in total. The molecule has 1 saturated carbocycles. The normalized spacial score (nSPS) is 15.4. The highest BCUT2D eigenvalue weighted by atomic mass is 35.5. The van der Waals surface area contributed by atoms with E-state index in [0.717, 1.165) is 31.7 Å². The molecule has 0 saturated heterocycles. The lowest BCUT2D eigenvalue weighted by Crippen LogP contribution is -2.17. The van der Waals surface area contributed by atoms with E-state index in [0.29, 0.717) is 18.1 Å². The van der Waals surface area contributed by atoms with E-state index in [1.54, 1.807) is 0 Å². The van der Waals surface area contributed by atoms with Gasteiger partial charge in [0.1, 0.15) is 17.8 Å². The molecule has 2 aromatic rings. The van der Waals surface area contributed by atoms with Crippen molar-refractivity contribution in [1.29, 1.82) is 0 Å². The molecule has 0 radical (unpaired) electrons. The molecule has 1 aliphatic carbocycles. The Morgan fingerprint density at radius 2 is 1.76 bits per heavy atom. The number of halogens is 4. The van der Waals surface area contributed by atoms with Gasteiger partial charge in [0.2, 0.25) is 0 Å². The quantitative estimate of drug-likeness (QED) is 0.744. The highest BCUT2D eigenvalue weighted by Crippen LogP contribution is 2.34. The number of nitrogens with zero attached hydrogens (tertiary/aromatic N) is 3. The summed E-state index contributed by atoms with van der Waals surface area (Å²) in [5.74, 6) is 0.740. The molecule has 0 bridgehead atoms. The van der Waals surface area contributed by atoms with Crippen LogP contribution >= 0.6 is 11.6 Å². The summed E-state index contributed by atoms with van der Waals surface area (Å²) in [5.41, 5.74) is 5.39. The first-order valence-electron chi connectivity index (χ1n) is 7.71. The predicted molar refractivity (Wildman–Crippen MR) is 89.9 cm³/mol. The molecule has 1 aliphatic rings. The third kappa shape index (κ3) is 4.04. The van der Waals surface area contributed by atoms with Gasteiger partial charge in [-0.2, -0.15) is 13.2 Å². The molecule has 2 heterocycles. The van der Waals surface area contributed by atoms with Gasteiger partial charge in [-0.25, -0.2) is 15.0 Å². The van der Waals surface area contributed by atoms with E-state index in [9.17, 15) is 13.2 Å². The number of hydrogen-bond donors (Lipinski definition) is 3. The lowest BCUT2D eigenvalue weighted by molar-refractivity contribution is -0.137. The van der Waals surface area contributed by atoms with Crippen molar-refractivity contribution in [2.24, 2.45) is 0 Å².